The molecule has 3 aromatic rings. The summed E-state index contributed by atoms with van der Waals surface area (Å²) in [5.74, 6) is -0.264. The second-order valence-electron chi connectivity index (χ2n) is 15.7. The molecule has 0 bridgehead atoms. The van der Waals surface area contributed by atoms with E-state index in [0.717, 1.165) is 54.9 Å². The van der Waals surface area contributed by atoms with E-state index in [4.69, 9.17) is 9.47 Å². The van der Waals surface area contributed by atoms with Gasteiger partial charge in [-0.2, -0.15) is 0 Å². The molecule has 1 spiro atoms. The normalized spacial score (nSPS) is 16.8. The first-order chi connectivity index (χ1) is 23.9. The maximum atomic E-state index is 13.4. The lowest BCUT2D eigenvalue weighted by Gasteiger charge is -2.53. The molecular weight excluding hydrogens is 669 g/mol. The summed E-state index contributed by atoms with van der Waals surface area (Å²) in [6.45, 7) is 15.8. The Kier molecular flexibility index (Phi) is 11.4. The Labute approximate surface area is 302 Å². The standard InChI is InChI=1S/C39H52N4O7S/c1-25(2)18-29(40-30-22-39(23-30)14-16-43(17-15-39)37(46)50-38(5,6)7)24-49-31-20-33(35-26(3)10-8-11-27(35)4)41-34(21-31)42-51(47,48)32-13-9-12-28(19-32)36(44)45/h8-13,19-21,25,29-30,40H,14-18,22-24H2,1-7H3,(H,41,42)(H,44,45). The molecule has 3 N–H and O–H groups in total. The summed E-state index contributed by atoms with van der Waals surface area (Å²) < 4.78 is 41.4. The molecule has 2 fully saturated rings. The number of hydrogen-bond donors (Lipinski definition) is 3. The number of carbonyl (C=O) groups excluding carboxylic acids is 1. The van der Waals surface area contributed by atoms with E-state index in [-0.39, 0.29) is 33.8 Å². The van der Waals surface area contributed by atoms with Crippen molar-refractivity contribution >= 4 is 27.9 Å². The third kappa shape index (κ3) is 9.79. The minimum absolute atomic E-state index is 0.0601. The number of carboxylic acid groups (broad SMARTS) is 1. The lowest BCUT2D eigenvalue weighted by Crippen LogP contribution is -2.57. The number of carbonyl (C=O) groups is 2. The molecule has 1 aromatic heterocycles. The lowest BCUT2D eigenvalue weighted by atomic mass is 9.60. The summed E-state index contributed by atoms with van der Waals surface area (Å²) >= 11 is 0. The zero-order valence-corrected chi connectivity index (χ0v) is 31.6. The zero-order valence-electron chi connectivity index (χ0n) is 30.8. The summed E-state index contributed by atoms with van der Waals surface area (Å²) in [5, 5.41) is 13.2. The van der Waals surface area contributed by atoms with Crippen molar-refractivity contribution in [1.29, 1.82) is 0 Å². The van der Waals surface area contributed by atoms with Crippen LogP contribution in [0, 0.1) is 25.2 Å². The van der Waals surface area contributed by atoms with Gasteiger partial charge in [-0.25, -0.2) is 23.0 Å². The van der Waals surface area contributed by atoms with E-state index in [9.17, 15) is 23.1 Å². The highest BCUT2D eigenvalue weighted by Crippen LogP contribution is 2.49. The molecule has 0 radical (unpaired) electrons. The maximum absolute atomic E-state index is 13.4. The van der Waals surface area contributed by atoms with Crippen LogP contribution in [0.1, 0.15) is 88.2 Å². The second kappa shape index (κ2) is 15.2. The summed E-state index contributed by atoms with van der Waals surface area (Å²) in [7, 11) is -4.17. The van der Waals surface area contributed by atoms with E-state index in [1.165, 1.54) is 18.2 Å². The number of rotatable bonds is 12. The molecule has 1 amide bonds. The first-order valence-electron chi connectivity index (χ1n) is 17.7. The number of aromatic carboxylic acids is 1. The molecule has 1 aliphatic carbocycles. The smallest absolute Gasteiger partial charge is 0.410 e. The van der Waals surface area contributed by atoms with E-state index >= 15 is 0 Å². The Balaban J connectivity index is 1.30. The quantitative estimate of drug-likeness (QED) is 0.174. The van der Waals surface area contributed by atoms with E-state index in [1.807, 2.05) is 63.8 Å². The highest BCUT2D eigenvalue weighted by atomic mass is 32.2. The van der Waals surface area contributed by atoms with Crippen molar-refractivity contribution in [1.82, 2.24) is 15.2 Å². The number of carboxylic acids is 1. The van der Waals surface area contributed by atoms with Crippen molar-refractivity contribution in [2.24, 2.45) is 11.3 Å². The van der Waals surface area contributed by atoms with E-state index in [0.29, 0.717) is 43.1 Å². The van der Waals surface area contributed by atoms with Crippen molar-refractivity contribution in [3.63, 3.8) is 0 Å². The van der Waals surface area contributed by atoms with Gasteiger partial charge in [-0.1, -0.05) is 38.1 Å². The Bertz CT molecular complexity index is 1820. The van der Waals surface area contributed by atoms with Gasteiger partial charge in [-0.05, 0) is 107 Å². The number of anilines is 1. The lowest BCUT2D eigenvalue weighted by molar-refractivity contribution is -0.0192. The van der Waals surface area contributed by atoms with Crippen molar-refractivity contribution < 1.29 is 32.6 Å². The molecule has 1 saturated heterocycles. The number of amides is 1. The van der Waals surface area contributed by atoms with Crippen molar-refractivity contribution in [3.05, 3.63) is 71.3 Å². The molecule has 12 heteroatoms. The highest BCUT2D eigenvalue weighted by Gasteiger charge is 2.47. The third-order valence-corrected chi connectivity index (χ3v) is 11.0. The van der Waals surface area contributed by atoms with Crippen LogP contribution in [0.2, 0.25) is 0 Å². The maximum Gasteiger partial charge on any atom is 0.410 e. The monoisotopic (exact) mass is 720 g/mol. The van der Waals surface area contributed by atoms with Gasteiger partial charge in [-0.15, -0.1) is 0 Å². The van der Waals surface area contributed by atoms with E-state index in [1.54, 1.807) is 6.07 Å². The van der Waals surface area contributed by atoms with Gasteiger partial charge in [0.2, 0.25) is 0 Å². The minimum atomic E-state index is -4.17. The average Bonchev–Trinajstić information content (AvgIpc) is 3.02. The number of nitrogens with zero attached hydrogens (tertiary/aromatic N) is 2. The minimum Gasteiger partial charge on any atom is -0.492 e. The number of sulfonamides is 1. The summed E-state index contributed by atoms with van der Waals surface area (Å²) in [4.78, 5) is 30.4. The van der Waals surface area contributed by atoms with Crippen LogP contribution in [-0.2, 0) is 14.8 Å². The van der Waals surface area contributed by atoms with E-state index < -0.39 is 21.6 Å². The fourth-order valence-corrected chi connectivity index (χ4v) is 8.30. The molecule has 1 atom stereocenters. The molecule has 11 nitrogen and oxygen atoms in total. The van der Waals surface area contributed by atoms with Crippen LogP contribution >= 0.6 is 0 Å². The van der Waals surface area contributed by atoms with Gasteiger partial charge in [0, 0.05) is 42.9 Å². The topological polar surface area (TPSA) is 147 Å². The number of aromatic nitrogens is 1. The van der Waals surface area contributed by atoms with Gasteiger partial charge in [0.25, 0.3) is 10.0 Å². The predicted molar refractivity (Wildman–Crippen MR) is 198 cm³/mol. The second-order valence-corrected chi connectivity index (χ2v) is 17.3. The molecule has 276 valence electrons. The highest BCUT2D eigenvalue weighted by molar-refractivity contribution is 7.92. The number of pyridine rings is 1. The fraction of sp³-hybridized carbons (Fsp3) is 0.513. The molecule has 5 rings (SSSR count). The van der Waals surface area contributed by atoms with Crippen LogP contribution in [0.5, 0.6) is 5.75 Å². The first-order valence-corrected chi connectivity index (χ1v) is 19.2. The molecule has 2 aliphatic rings. The van der Waals surface area contributed by atoms with Crippen molar-refractivity contribution in [2.75, 3.05) is 24.4 Å². The number of ether oxygens (including phenoxy) is 2. The zero-order chi connectivity index (χ0) is 37.1. The number of piperidine rings is 1. The van der Waals surface area contributed by atoms with Gasteiger partial charge < -0.3 is 24.8 Å². The molecule has 51 heavy (non-hydrogen) atoms. The van der Waals surface area contributed by atoms with Gasteiger partial charge in [0.05, 0.1) is 16.2 Å². The Morgan fingerprint density at radius 1 is 1.02 bits per heavy atom. The van der Waals surface area contributed by atoms with E-state index in [2.05, 4.69) is 28.9 Å². The summed E-state index contributed by atoms with van der Waals surface area (Å²) in [5.41, 5.74) is 3.01. The van der Waals surface area contributed by atoms with Crippen LogP contribution in [0.15, 0.2) is 59.5 Å². The predicted octanol–water partition coefficient (Wildman–Crippen LogP) is 7.43. The van der Waals surface area contributed by atoms with Gasteiger partial charge in [0.15, 0.2) is 0 Å². The number of aryl methyl sites for hydroxylation is 2. The van der Waals surface area contributed by atoms with Gasteiger partial charge >= 0.3 is 12.1 Å². The summed E-state index contributed by atoms with van der Waals surface area (Å²) in [6.07, 6.45) is 4.68. The Hall–Kier alpha value is -4.16. The van der Waals surface area contributed by atoms with Crippen LogP contribution in [0.25, 0.3) is 11.3 Å². The Morgan fingerprint density at radius 3 is 2.27 bits per heavy atom. The molecule has 2 heterocycles. The average molecular weight is 721 g/mol. The number of hydrogen-bond acceptors (Lipinski definition) is 8. The molecule has 1 unspecified atom stereocenters. The van der Waals surface area contributed by atoms with Crippen molar-refractivity contribution in [2.45, 2.75) is 103 Å². The molecule has 1 aliphatic heterocycles. The molecular formula is C39H52N4O7S. The largest absolute Gasteiger partial charge is 0.492 e. The van der Waals surface area contributed by atoms with Crippen LogP contribution in [-0.4, -0.2) is 72.9 Å². The molecule has 1 saturated carbocycles. The van der Waals surface area contributed by atoms with Crippen LogP contribution in [0.4, 0.5) is 10.6 Å². The SMILES string of the molecule is Cc1cccc(C)c1-c1cc(OCC(CC(C)C)NC2CC3(CCN(C(=O)OC(C)(C)C)CC3)C2)cc(NS(=O)(=O)c2cccc(C(=O)O)c2)n1. The Morgan fingerprint density at radius 2 is 1.67 bits per heavy atom. The first kappa shape index (κ1) is 38.1. The van der Waals surface area contributed by atoms with Crippen molar-refractivity contribution in [3.8, 4) is 17.0 Å². The van der Waals surface area contributed by atoms with Crippen LogP contribution in [0.3, 0.4) is 0 Å². The molecule has 2 aromatic carbocycles. The fourth-order valence-electron chi connectivity index (χ4n) is 7.27. The van der Waals surface area contributed by atoms with Crippen LogP contribution < -0.4 is 14.8 Å². The summed E-state index contributed by atoms with van der Waals surface area (Å²) in [6, 6.07) is 14.9. The van der Waals surface area contributed by atoms with Gasteiger partial charge in [0.1, 0.15) is 23.8 Å². The number of likely N-dealkylation sites (tertiary alicyclic amines) is 1. The third-order valence-electron chi connectivity index (χ3n) is 9.68. The van der Waals surface area contributed by atoms with Gasteiger partial charge in [-0.3, -0.25) is 4.72 Å². The number of nitrogens with one attached hydrogen (secondary N) is 2. The number of benzene rings is 2.